The molecular weight excluding hydrogens is 290 g/mol. The molecule has 2 rings (SSSR count). The molecule has 21 heavy (non-hydrogen) atoms. The van der Waals surface area contributed by atoms with Crippen LogP contribution >= 0.6 is 11.3 Å². The summed E-state index contributed by atoms with van der Waals surface area (Å²) in [6.07, 6.45) is 0.766. The predicted octanol–water partition coefficient (Wildman–Crippen LogP) is 2.09. The lowest BCUT2D eigenvalue weighted by molar-refractivity contribution is 0.213. The largest absolute Gasteiger partial charge is 0.463 e. The Morgan fingerprint density at radius 2 is 2.00 bits per heavy atom. The number of ether oxygens (including phenoxy) is 2. The van der Waals surface area contributed by atoms with Gasteiger partial charge in [-0.2, -0.15) is 9.97 Å². The molecule has 0 aliphatic rings. The summed E-state index contributed by atoms with van der Waals surface area (Å²) in [4.78, 5) is 17.8. The molecule has 0 aliphatic carbocycles. The van der Waals surface area contributed by atoms with Crippen molar-refractivity contribution in [3.05, 3.63) is 16.1 Å². The second-order valence-electron chi connectivity index (χ2n) is 4.60. The van der Waals surface area contributed by atoms with Crippen LogP contribution in [0, 0.1) is 6.92 Å². The van der Waals surface area contributed by atoms with E-state index in [1.165, 1.54) is 4.88 Å². The zero-order valence-electron chi connectivity index (χ0n) is 12.6. The van der Waals surface area contributed by atoms with Gasteiger partial charge in [0, 0.05) is 18.3 Å². The van der Waals surface area contributed by atoms with Gasteiger partial charge in [-0.25, -0.2) is 4.98 Å². The number of anilines is 1. The normalized spacial score (nSPS) is 10.7. The summed E-state index contributed by atoms with van der Waals surface area (Å²) in [6.45, 7) is 6.30. The van der Waals surface area contributed by atoms with Gasteiger partial charge in [0.05, 0.1) is 23.9 Å². The molecule has 8 heteroatoms. The van der Waals surface area contributed by atoms with Crippen LogP contribution < -0.4 is 14.8 Å². The highest BCUT2D eigenvalue weighted by molar-refractivity contribution is 7.09. The Balaban J connectivity index is 2.00. The Labute approximate surface area is 127 Å². The lowest BCUT2D eigenvalue weighted by atomic mass is 10.3. The molecule has 2 aromatic heterocycles. The molecule has 0 saturated heterocycles. The number of thiazole rings is 1. The van der Waals surface area contributed by atoms with Crippen LogP contribution in [0.1, 0.15) is 24.4 Å². The van der Waals surface area contributed by atoms with Gasteiger partial charge in [0.15, 0.2) is 0 Å². The van der Waals surface area contributed by atoms with Crippen LogP contribution in [0.5, 0.6) is 12.0 Å². The molecular formula is C13H19N5O2S. The maximum Gasteiger partial charge on any atom is 0.324 e. The molecule has 0 fully saturated rings. The third-order valence-corrected chi connectivity index (χ3v) is 3.56. The van der Waals surface area contributed by atoms with E-state index in [1.54, 1.807) is 18.4 Å². The first-order valence-corrected chi connectivity index (χ1v) is 7.58. The van der Waals surface area contributed by atoms with Crippen molar-refractivity contribution >= 4 is 17.3 Å². The second-order valence-corrected chi connectivity index (χ2v) is 5.54. The van der Waals surface area contributed by atoms with Crippen LogP contribution in [0.4, 0.5) is 5.95 Å². The number of hydrogen-bond donors (Lipinski definition) is 1. The predicted molar refractivity (Wildman–Crippen MR) is 81.2 cm³/mol. The zero-order valence-corrected chi connectivity index (χ0v) is 13.4. The molecule has 2 heterocycles. The maximum absolute atomic E-state index is 5.60. The fraction of sp³-hybridized carbons (Fsp3) is 0.538. The quantitative estimate of drug-likeness (QED) is 0.838. The van der Waals surface area contributed by atoms with Crippen LogP contribution in [-0.2, 0) is 6.42 Å². The average molecular weight is 309 g/mol. The molecule has 2 aromatic rings. The van der Waals surface area contributed by atoms with E-state index < -0.39 is 0 Å². The fourth-order valence-electron chi connectivity index (χ4n) is 1.58. The van der Waals surface area contributed by atoms with Crippen LogP contribution in [0.25, 0.3) is 0 Å². The smallest absolute Gasteiger partial charge is 0.324 e. The van der Waals surface area contributed by atoms with Crippen LogP contribution in [0.2, 0.25) is 0 Å². The van der Waals surface area contributed by atoms with Gasteiger partial charge in [0.1, 0.15) is 0 Å². The van der Waals surface area contributed by atoms with E-state index in [0.29, 0.717) is 12.6 Å². The number of nitrogens with one attached hydrogen (secondary N) is 1. The third-order valence-electron chi connectivity index (χ3n) is 2.56. The highest BCUT2D eigenvalue weighted by Crippen LogP contribution is 2.16. The van der Waals surface area contributed by atoms with Gasteiger partial charge in [-0.05, 0) is 20.8 Å². The van der Waals surface area contributed by atoms with Crippen molar-refractivity contribution in [1.82, 2.24) is 19.9 Å². The Morgan fingerprint density at radius 3 is 2.62 bits per heavy atom. The van der Waals surface area contributed by atoms with E-state index in [4.69, 9.17) is 9.47 Å². The minimum absolute atomic E-state index is 0.00945. The molecule has 0 spiro atoms. The van der Waals surface area contributed by atoms with Crippen molar-refractivity contribution in [2.24, 2.45) is 0 Å². The first-order chi connectivity index (χ1) is 10.1. The summed E-state index contributed by atoms with van der Waals surface area (Å²) in [5, 5.41) is 2.86. The average Bonchev–Trinajstić information content (AvgIpc) is 2.83. The van der Waals surface area contributed by atoms with Gasteiger partial charge in [0.25, 0.3) is 0 Å². The molecule has 0 unspecified atom stereocenters. The van der Waals surface area contributed by atoms with Gasteiger partial charge in [-0.3, -0.25) is 0 Å². The van der Waals surface area contributed by atoms with Gasteiger partial charge >= 0.3 is 12.0 Å². The minimum atomic E-state index is -0.00945. The van der Waals surface area contributed by atoms with E-state index >= 15 is 0 Å². The van der Waals surface area contributed by atoms with E-state index in [2.05, 4.69) is 25.3 Å². The fourth-order valence-corrected chi connectivity index (χ4v) is 2.34. The molecule has 1 N–H and O–H groups in total. The van der Waals surface area contributed by atoms with Crippen LogP contribution in [0.3, 0.4) is 0 Å². The van der Waals surface area contributed by atoms with Crippen molar-refractivity contribution in [3.8, 4) is 12.0 Å². The summed E-state index contributed by atoms with van der Waals surface area (Å²) in [6, 6.07) is 0.514. The highest BCUT2D eigenvalue weighted by atomic mass is 32.1. The van der Waals surface area contributed by atoms with E-state index in [9.17, 15) is 0 Å². The molecule has 7 nitrogen and oxygen atoms in total. The minimum Gasteiger partial charge on any atom is -0.463 e. The first-order valence-electron chi connectivity index (χ1n) is 6.70. The summed E-state index contributed by atoms with van der Waals surface area (Å²) in [7, 11) is 1.74. The number of aryl methyl sites for hydroxylation is 1. The van der Waals surface area contributed by atoms with Crippen molar-refractivity contribution < 1.29 is 9.47 Å². The monoisotopic (exact) mass is 309 g/mol. The second kappa shape index (κ2) is 7.16. The third kappa shape index (κ3) is 4.52. The zero-order chi connectivity index (χ0) is 15.2. The summed E-state index contributed by atoms with van der Waals surface area (Å²) in [5.41, 5.74) is 2.88. The Bertz CT molecular complexity index is 588. The maximum atomic E-state index is 5.60. The van der Waals surface area contributed by atoms with E-state index in [-0.39, 0.29) is 18.1 Å². The Kier molecular flexibility index (Phi) is 5.26. The topological polar surface area (TPSA) is 82.1 Å². The number of nitrogens with zero attached hydrogens (tertiary/aromatic N) is 4. The van der Waals surface area contributed by atoms with Crippen LogP contribution in [-0.4, -0.2) is 39.7 Å². The Hall–Kier alpha value is -1.96. The SMILES string of the molecule is CNc1nc(OCCc2scnc2C)nc(OC(C)C)n1. The lowest BCUT2D eigenvalue weighted by Crippen LogP contribution is -2.12. The molecule has 0 amide bonds. The number of hydrogen-bond acceptors (Lipinski definition) is 8. The van der Waals surface area contributed by atoms with Crippen molar-refractivity contribution in [1.29, 1.82) is 0 Å². The Morgan fingerprint density at radius 1 is 1.24 bits per heavy atom. The van der Waals surface area contributed by atoms with E-state index in [0.717, 1.165) is 12.1 Å². The summed E-state index contributed by atoms with van der Waals surface area (Å²) < 4.78 is 11.1. The van der Waals surface area contributed by atoms with E-state index in [1.807, 2.05) is 26.3 Å². The lowest BCUT2D eigenvalue weighted by Gasteiger charge is -2.10. The molecule has 0 aliphatic heterocycles. The molecule has 0 saturated carbocycles. The van der Waals surface area contributed by atoms with Gasteiger partial charge in [0.2, 0.25) is 5.95 Å². The summed E-state index contributed by atoms with van der Waals surface area (Å²) >= 11 is 1.62. The van der Waals surface area contributed by atoms with Crippen molar-refractivity contribution in [3.63, 3.8) is 0 Å². The summed E-state index contributed by atoms with van der Waals surface area (Å²) in [5.74, 6) is 0.421. The van der Waals surface area contributed by atoms with Crippen molar-refractivity contribution in [2.45, 2.75) is 33.3 Å². The van der Waals surface area contributed by atoms with Crippen molar-refractivity contribution in [2.75, 3.05) is 19.0 Å². The molecule has 0 aromatic carbocycles. The van der Waals surface area contributed by atoms with Gasteiger partial charge < -0.3 is 14.8 Å². The molecule has 0 atom stereocenters. The van der Waals surface area contributed by atoms with Gasteiger partial charge in [-0.1, -0.05) is 0 Å². The number of rotatable bonds is 7. The highest BCUT2D eigenvalue weighted by Gasteiger charge is 2.10. The molecule has 0 radical (unpaired) electrons. The molecule has 0 bridgehead atoms. The standard InChI is InChI=1S/C13H19N5O2S/c1-8(2)20-13-17-11(14-4)16-12(18-13)19-6-5-10-9(3)15-7-21-10/h7-8H,5-6H2,1-4H3,(H,14,16,17,18). The van der Waals surface area contributed by atoms with Gasteiger partial charge in [-0.15, -0.1) is 16.3 Å². The number of aromatic nitrogens is 4. The first kappa shape index (κ1) is 15.4. The molecule has 114 valence electrons. The van der Waals surface area contributed by atoms with Crippen LogP contribution in [0.15, 0.2) is 5.51 Å².